The van der Waals surface area contributed by atoms with Crippen molar-refractivity contribution in [2.45, 2.75) is 0 Å². The normalized spacial score (nSPS) is 10.9. The van der Waals surface area contributed by atoms with Crippen LogP contribution >= 0.6 is 23.8 Å². The summed E-state index contributed by atoms with van der Waals surface area (Å²) in [6.07, 6.45) is 0. The van der Waals surface area contributed by atoms with Crippen molar-refractivity contribution in [1.29, 1.82) is 0 Å². The first kappa shape index (κ1) is 13.1. The molecule has 0 unspecified atom stereocenters. The first-order valence-corrected chi connectivity index (χ1v) is 6.63. The van der Waals surface area contributed by atoms with Crippen LogP contribution in [0.15, 0.2) is 36.4 Å². The molecule has 0 aliphatic rings. The minimum Gasteiger partial charge on any atom is -0.495 e. The maximum Gasteiger partial charge on any atom is 0.182 e. The first-order chi connectivity index (χ1) is 9.60. The summed E-state index contributed by atoms with van der Waals surface area (Å²) in [5.41, 5.74) is 2.19. The smallest absolute Gasteiger partial charge is 0.182 e. The topological polar surface area (TPSA) is 29.9 Å². The summed E-state index contributed by atoms with van der Waals surface area (Å²) < 4.78 is 20.9. The molecule has 0 aliphatic carbocycles. The number of rotatable bonds is 2. The van der Waals surface area contributed by atoms with Gasteiger partial charge in [0, 0.05) is 12.1 Å². The van der Waals surface area contributed by atoms with E-state index >= 15 is 0 Å². The number of fused-ring (bicyclic) bond motifs is 1. The highest BCUT2D eigenvalue weighted by Crippen LogP contribution is 2.29. The monoisotopic (exact) mass is 308 g/mol. The van der Waals surface area contributed by atoms with Gasteiger partial charge in [0.2, 0.25) is 0 Å². The largest absolute Gasteiger partial charge is 0.495 e. The summed E-state index contributed by atoms with van der Waals surface area (Å²) in [5.74, 6) is 0.220. The molecule has 0 bridgehead atoms. The Balaban J connectivity index is 2.31. The molecular formula is C14H10ClFN2OS. The van der Waals surface area contributed by atoms with Gasteiger partial charge < -0.3 is 9.72 Å². The van der Waals surface area contributed by atoms with Crippen LogP contribution in [0.25, 0.3) is 16.7 Å². The summed E-state index contributed by atoms with van der Waals surface area (Å²) in [6, 6.07) is 9.76. The predicted molar refractivity (Wildman–Crippen MR) is 80.0 cm³/mol. The molecule has 0 aliphatic heterocycles. The zero-order valence-corrected chi connectivity index (χ0v) is 12.1. The number of nitrogens with one attached hydrogen (secondary N) is 1. The number of methoxy groups -OCH3 is 1. The Kier molecular flexibility index (Phi) is 3.23. The van der Waals surface area contributed by atoms with E-state index in [0.717, 1.165) is 11.2 Å². The van der Waals surface area contributed by atoms with Gasteiger partial charge in [-0.2, -0.15) is 0 Å². The van der Waals surface area contributed by atoms with Crippen LogP contribution in [0.3, 0.4) is 0 Å². The van der Waals surface area contributed by atoms with Crippen molar-refractivity contribution in [2.75, 3.05) is 7.11 Å². The Hall–Kier alpha value is -1.85. The number of hydrogen-bond acceptors (Lipinski definition) is 2. The van der Waals surface area contributed by atoms with Crippen LogP contribution in [0.1, 0.15) is 0 Å². The number of H-pyrrole nitrogens is 1. The fourth-order valence-electron chi connectivity index (χ4n) is 2.12. The summed E-state index contributed by atoms with van der Waals surface area (Å²) in [4.78, 5) is 3.04. The minimum absolute atomic E-state index is 0.318. The second-order valence-corrected chi connectivity index (χ2v) is 5.04. The molecule has 0 atom stereocenters. The Morgan fingerprint density at radius 1 is 1.25 bits per heavy atom. The van der Waals surface area contributed by atoms with Crippen LogP contribution < -0.4 is 4.74 Å². The van der Waals surface area contributed by atoms with E-state index in [1.54, 1.807) is 35.9 Å². The van der Waals surface area contributed by atoms with Gasteiger partial charge >= 0.3 is 0 Å². The van der Waals surface area contributed by atoms with E-state index in [1.807, 2.05) is 0 Å². The molecule has 0 amide bonds. The summed E-state index contributed by atoms with van der Waals surface area (Å²) >= 11 is 11.3. The number of aromatic nitrogens is 2. The maximum atomic E-state index is 13.4. The van der Waals surface area contributed by atoms with Crippen molar-refractivity contribution in [3.63, 3.8) is 0 Å². The van der Waals surface area contributed by atoms with Gasteiger partial charge in [-0.1, -0.05) is 11.6 Å². The minimum atomic E-state index is -0.318. The number of aromatic amines is 1. The van der Waals surface area contributed by atoms with Gasteiger partial charge in [0.05, 0.1) is 28.9 Å². The SMILES string of the molecule is COc1cc(-n2c(=S)[nH]c3ccc(F)cc32)ccc1Cl. The van der Waals surface area contributed by atoms with Gasteiger partial charge in [-0.15, -0.1) is 0 Å². The molecule has 1 heterocycles. The third kappa shape index (κ3) is 2.09. The Bertz CT molecular complexity index is 856. The summed E-state index contributed by atoms with van der Waals surface area (Å²) in [6.45, 7) is 0. The molecule has 1 aromatic heterocycles. The van der Waals surface area contributed by atoms with E-state index in [4.69, 9.17) is 28.6 Å². The molecular weight excluding hydrogens is 299 g/mol. The predicted octanol–water partition coefficient (Wildman–Crippen LogP) is 4.49. The first-order valence-electron chi connectivity index (χ1n) is 5.84. The van der Waals surface area contributed by atoms with E-state index in [-0.39, 0.29) is 5.82 Å². The molecule has 102 valence electrons. The van der Waals surface area contributed by atoms with Gasteiger partial charge in [0.25, 0.3) is 0 Å². The molecule has 2 aromatic carbocycles. The number of benzene rings is 2. The highest BCUT2D eigenvalue weighted by Gasteiger charge is 2.10. The number of ether oxygens (including phenoxy) is 1. The Morgan fingerprint density at radius 2 is 2.05 bits per heavy atom. The second kappa shape index (κ2) is 4.92. The molecule has 0 saturated heterocycles. The van der Waals surface area contributed by atoms with E-state index in [0.29, 0.717) is 21.1 Å². The van der Waals surface area contributed by atoms with Crippen molar-refractivity contribution in [2.24, 2.45) is 0 Å². The lowest BCUT2D eigenvalue weighted by Crippen LogP contribution is -1.95. The van der Waals surface area contributed by atoms with Gasteiger partial charge in [-0.3, -0.25) is 4.57 Å². The van der Waals surface area contributed by atoms with Crippen LogP contribution in [0, 0.1) is 10.6 Å². The molecule has 3 aromatic rings. The van der Waals surface area contributed by atoms with Crippen molar-refractivity contribution >= 4 is 34.9 Å². The standard InChI is InChI=1S/C14H10ClFN2OS/c1-19-13-7-9(3-4-10(13)15)18-12-6-8(16)2-5-11(12)17-14(18)20/h2-7H,1H3,(H,17,20). The number of halogens is 2. The van der Waals surface area contributed by atoms with Gasteiger partial charge in [-0.25, -0.2) is 4.39 Å². The Morgan fingerprint density at radius 3 is 2.80 bits per heavy atom. The van der Waals surface area contributed by atoms with Crippen molar-refractivity contribution < 1.29 is 9.13 Å². The maximum absolute atomic E-state index is 13.4. The second-order valence-electron chi connectivity index (χ2n) is 4.25. The van der Waals surface area contributed by atoms with Gasteiger partial charge in [0.15, 0.2) is 4.77 Å². The number of hydrogen-bond donors (Lipinski definition) is 1. The van der Waals surface area contributed by atoms with E-state index in [9.17, 15) is 4.39 Å². The van der Waals surface area contributed by atoms with Crippen LogP contribution in [0.5, 0.6) is 5.75 Å². The van der Waals surface area contributed by atoms with Crippen molar-refractivity contribution in [3.8, 4) is 11.4 Å². The van der Waals surface area contributed by atoms with E-state index < -0.39 is 0 Å². The lowest BCUT2D eigenvalue weighted by Gasteiger charge is -2.08. The lowest BCUT2D eigenvalue weighted by molar-refractivity contribution is 0.415. The zero-order chi connectivity index (χ0) is 14.3. The van der Waals surface area contributed by atoms with E-state index in [2.05, 4.69) is 4.98 Å². The summed E-state index contributed by atoms with van der Waals surface area (Å²) in [7, 11) is 1.54. The number of nitrogens with zero attached hydrogens (tertiary/aromatic N) is 1. The molecule has 3 rings (SSSR count). The quantitative estimate of drug-likeness (QED) is 0.707. The van der Waals surface area contributed by atoms with Gasteiger partial charge in [0.1, 0.15) is 11.6 Å². The molecule has 0 saturated carbocycles. The van der Waals surface area contributed by atoms with Crippen molar-refractivity contribution in [3.05, 3.63) is 52.0 Å². The third-order valence-corrected chi connectivity index (χ3v) is 3.64. The van der Waals surface area contributed by atoms with Crippen molar-refractivity contribution in [1.82, 2.24) is 9.55 Å². The van der Waals surface area contributed by atoms with Crippen LogP contribution in [-0.4, -0.2) is 16.7 Å². The van der Waals surface area contributed by atoms with E-state index in [1.165, 1.54) is 12.1 Å². The number of imidazole rings is 1. The molecule has 1 N–H and O–H groups in total. The highest BCUT2D eigenvalue weighted by atomic mass is 35.5. The van der Waals surface area contributed by atoms with Crippen LogP contribution in [0.2, 0.25) is 5.02 Å². The average Bonchev–Trinajstić information content (AvgIpc) is 2.75. The molecule has 3 nitrogen and oxygen atoms in total. The fourth-order valence-corrected chi connectivity index (χ4v) is 2.63. The molecule has 6 heteroatoms. The fraction of sp³-hybridized carbons (Fsp3) is 0.0714. The summed E-state index contributed by atoms with van der Waals surface area (Å²) in [5, 5.41) is 0.508. The molecule has 20 heavy (non-hydrogen) atoms. The van der Waals surface area contributed by atoms with Crippen LogP contribution in [0.4, 0.5) is 4.39 Å². The highest BCUT2D eigenvalue weighted by molar-refractivity contribution is 7.71. The third-order valence-electron chi connectivity index (χ3n) is 3.04. The molecule has 0 fully saturated rings. The van der Waals surface area contributed by atoms with Gasteiger partial charge in [-0.05, 0) is 36.5 Å². The molecule has 0 spiro atoms. The van der Waals surface area contributed by atoms with Crippen LogP contribution in [-0.2, 0) is 0 Å². The lowest BCUT2D eigenvalue weighted by atomic mass is 10.2. The Labute approximate surface area is 124 Å². The average molecular weight is 309 g/mol. The molecule has 0 radical (unpaired) electrons. The zero-order valence-electron chi connectivity index (χ0n) is 10.5.